The second kappa shape index (κ2) is 7.39. The first-order chi connectivity index (χ1) is 13.8. The Morgan fingerprint density at radius 1 is 1.21 bits per heavy atom. The number of carbonyl (C=O) groups is 1. The van der Waals surface area contributed by atoms with Gasteiger partial charge < -0.3 is 14.3 Å². The average molecular weight is 425 g/mol. The SMILES string of the molecule is Cc1nnsc1C(=O)N1CCN(c2ccc(-c3noc(C(F)(F)F)n3)cn2)CC1. The summed E-state index contributed by atoms with van der Waals surface area (Å²) >= 11 is 1.08. The summed E-state index contributed by atoms with van der Waals surface area (Å²) in [4.78, 5) is 24.4. The minimum Gasteiger partial charge on any atom is -0.353 e. The van der Waals surface area contributed by atoms with Crippen LogP contribution in [0.15, 0.2) is 22.9 Å². The van der Waals surface area contributed by atoms with E-state index in [-0.39, 0.29) is 11.7 Å². The Balaban J connectivity index is 1.40. The van der Waals surface area contributed by atoms with Gasteiger partial charge in [0.1, 0.15) is 10.7 Å². The summed E-state index contributed by atoms with van der Waals surface area (Å²) in [5.41, 5.74) is 0.935. The standard InChI is InChI=1S/C16H14F3N7O2S/c1-9-12(29-24-22-9)14(27)26-6-4-25(5-7-26)11-3-2-10(8-20-11)13-21-15(28-23-13)16(17,18)19/h2-3,8H,4-7H2,1H3. The molecule has 1 aliphatic rings. The van der Waals surface area contributed by atoms with Gasteiger partial charge in [-0.3, -0.25) is 4.79 Å². The molecule has 4 rings (SSSR count). The van der Waals surface area contributed by atoms with Gasteiger partial charge in [-0.1, -0.05) is 9.64 Å². The number of carbonyl (C=O) groups excluding carboxylic acids is 1. The van der Waals surface area contributed by atoms with E-state index < -0.39 is 12.1 Å². The second-order valence-corrected chi connectivity index (χ2v) is 7.05. The van der Waals surface area contributed by atoms with Crippen LogP contribution in [-0.4, -0.2) is 61.7 Å². The average Bonchev–Trinajstić information content (AvgIpc) is 3.37. The van der Waals surface area contributed by atoms with Gasteiger partial charge in [0.2, 0.25) is 5.82 Å². The Labute approximate surface area is 166 Å². The van der Waals surface area contributed by atoms with E-state index in [1.165, 1.54) is 6.20 Å². The van der Waals surface area contributed by atoms with Gasteiger partial charge in [0.25, 0.3) is 5.91 Å². The molecule has 0 unspecified atom stereocenters. The molecule has 1 amide bonds. The molecule has 0 bridgehead atoms. The van der Waals surface area contributed by atoms with Crippen molar-refractivity contribution >= 4 is 23.3 Å². The Hall–Kier alpha value is -3.09. The lowest BCUT2D eigenvalue weighted by Gasteiger charge is -2.35. The van der Waals surface area contributed by atoms with Crippen LogP contribution < -0.4 is 4.90 Å². The minimum atomic E-state index is -4.69. The van der Waals surface area contributed by atoms with Crippen molar-refractivity contribution < 1.29 is 22.5 Å². The van der Waals surface area contributed by atoms with Crippen molar-refractivity contribution in [2.24, 2.45) is 0 Å². The Kier molecular flexibility index (Phi) is 4.90. The van der Waals surface area contributed by atoms with E-state index in [1.54, 1.807) is 24.0 Å². The summed E-state index contributed by atoms with van der Waals surface area (Å²) in [6, 6.07) is 3.25. The number of pyridine rings is 1. The van der Waals surface area contributed by atoms with Crippen molar-refractivity contribution in [1.82, 2.24) is 29.6 Å². The zero-order chi connectivity index (χ0) is 20.6. The minimum absolute atomic E-state index is 0.0852. The van der Waals surface area contributed by atoms with Gasteiger partial charge >= 0.3 is 12.1 Å². The van der Waals surface area contributed by atoms with Crippen LogP contribution in [0.4, 0.5) is 19.0 Å². The molecule has 0 radical (unpaired) electrons. The van der Waals surface area contributed by atoms with Crippen LogP contribution in [0.25, 0.3) is 11.4 Å². The van der Waals surface area contributed by atoms with Crippen LogP contribution in [0.3, 0.4) is 0 Å². The number of nitrogens with zero attached hydrogens (tertiary/aromatic N) is 7. The van der Waals surface area contributed by atoms with Gasteiger partial charge in [0.15, 0.2) is 0 Å². The molecule has 3 aromatic rings. The fourth-order valence-electron chi connectivity index (χ4n) is 2.87. The topological polar surface area (TPSA) is 101 Å². The summed E-state index contributed by atoms with van der Waals surface area (Å²) < 4.78 is 45.7. The molecular weight excluding hydrogens is 411 g/mol. The predicted octanol–water partition coefficient (Wildman–Crippen LogP) is 2.27. The maximum absolute atomic E-state index is 12.6. The molecule has 0 aliphatic carbocycles. The number of anilines is 1. The van der Waals surface area contributed by atoms with Crippen LogP contribution in [-0.2, 0) is 6.18 Å². The maximum atomic E-state index is 12.6. The molecule has 0 aromatic carbocycles. The molecular formula is C16H14F3N7O2S. The molecule has 29 heavy (non-hydrogen) atoms. The van der Waals surface area contributed by atoms with Crippen molar-refractivity contribution in [3.63, 3.8) is 0 Å². The van der Waals surface area contributed by atoms with Crippen molar-refractivity contribution in [3.8, 4) is 11.4 Å². The number of hydrogen-bond acceptors (Lipinski definition) is 9. The highest BCUT2D eigenvalue weighted by Gasteiger charge is 2.38. The number of aryl methyl sites for hydroxylation is 1. The van der Waals surface area contributed by atoms with Crippen LogP contribution in [0.5, 0.6) is 0 Å². The first-order valence-electron chi connectivity index (χ1n) is 8.53. The third kappa shape index (κ3) is 3.90. The summed E-state index contributed by atoms with van der Waals surface area (Å²) in [7, 11) is 0. The highest BCUT2D eigenvalue weighted by molar-refractivity contribution is 7.07. The number of rotatable bonds is 3. The van der Waals surface area contributed by atoms with E-state index in [0.717, 1.165) is 11.5 Å². The van der Waals surface area contributed by atoms with Gasteiger partial charge in [-0.2, -0.15) is 18.2 Å². The quantitative estimate of drug-likeness (QED) is 0.630. The van der Waals surface area contributed by atoms with Crippen molar-refractivity contribution in [2.45, 2.75) is 13.1 Å². The summed E-state index contributed by atoms with van der Waals surface area (Å²) in [5, 5.41) is 7.21. The largest absolute Gasteiger partial charge is 0.471 e. The predicted molar refractivity (Wildman–Crippen MR) is 95.3 cm³/mol. The normalized spacial score (nSPS) is 15.0. The van der Waals surface area contributed by atoms with Gasteiger partial charge in [0.05, 0.1) is 5.69 Å². The highest BCUT2D eigenvalue weighted by atomic mass is 32.1. The molecule has 4 heterocycles. The molecule has 0 spiro atoms. The Morgan fingerprint density at radius 3 is 2.52 bits per heavy atom. The van der Waals surface area contributed by atoms with Gasteiger partial charge in [-0.15, -0.1) is 5.10 Å². The third-order valence-electron chi connectivity index (χ3n) is 4.41. The van der Waals surface area contributed by atoms with Crippen molar-refractivity contribution in [3.05, 3.63) is 34.8 Å². The molecule has 152 valence electrons. The van der Waals surface area contributed by atoms with Gasteiger partial charge in [0, 0.05) is 37.9 Å². The first-order valence-corrected chi connectivity index (χ1v) is 9.31. The Morgan fingerprint density at radius 2 is 1.97 bits per heavy atom. The zero-order valence-corrected chi connectivity index (χ0v) is 15.9. The van der Waals surface area contributed by atoms with E-state index in [9.17, 15) is 18.0 Å². The molecule has 1 fully saturated rings. The lowest BCUT2D eigenvalue weighted by atomic mass is 10.2. The number of aromatic nitrogens is 5. The van der Waals surface area contributed by atoms with Crippen molar-refractivity contribution in [1.29, 1.82) is 0 Å². The third-order valence-corrected chi connectivity index (χ3v) is 5.23. The molecule has 0 atom stereocenters. The van der Waals surface area contributed by atoms with E-state index >= 15 is 0 Å². The molecule has 1 saturated heterocycles. The fourth-order valence-corrected chi connectivity index (χ4v) is 3.50. The van der Waals surface area contributed by atoms with E-state index in [2.05, 4.69) is 29.2 Å². The smallest absolute Gasteiger partial charge is 0.353 e. The summed E-state index contributed by atoms with van der Waals surface area (Å²) in [6.45, 7) is 3.92. The molecule has 9 nitrogen and oxygen atoms in total. The van der Waals surface area contributed by atoms with Crippen LogP contribution >= 0.6 is 11.5 Å². The number of piperazine rings is 1. The highest BCUT2D eigenvalue weighted by Crippen LogP contribution is 2.29. The number of halogens is 3. The van der Waals surface area contributed by atoms with Gasteiger partial charge in [-0.05, 0) is 30.6 Å². The second-order valence-electron chi connectivity index (χ2n) is 6.29. The molecule has 13 heteroatoms. The first kappa shape index (κ1) is 19.2. The molecule has 0 saturated carbocycles. The molecule has 3 aromatic heterocycles. The lowest BCUT2D eigenvalue weighted by Crippen LogP contribution is -2.49. The van der Waals surface area contributed by atoms with E-state index in [0.29, 0.717) is 48.1 Å². The van der Waals surface area contributed by atoms with Crippen LogP contribution in [0.2, 0.25) is 0 Å². The summed E-state index contributed by atoms with van der Waals surface area (Å²) in [5.74, 6) is -1.02. The number of hydrogen-bond donors (Lipinski definition) is 0. The number of amides is 1. The number of alkyl halides is 3. The van der Waals surface area contributed by atoms with Crippen LogP contribution in [0, 0.1) is 6.92 Å². The fraction of sp³-hybridized carbons (Fsp3) is 0.375. The summed E-state index contributed by atoms with van der Waals surface area (Å²) in [6.07, 6.45) is -3.30. The van der Waals surface area contributed by atoms with Crippen LogP contribution in [0.1, 0.15) is 21.3 Å². The lowest BCUT2D eigenvalue weighted by molar-refractivity contribution is -0.159. The van der Waals surface area contributed by atoms with E-state index in [1.807, 2.05) is 4.90 Å². The van der Waals surface area contributed by atoms with Gasteiger partial charge in [-0.25, -0.2) is 4.98 Å². The molecule has 0 N–H and O–H groups in total. The Bertz CT molecular complexity index is 1010. The molecule has 1 aliphatic heterocycles. The van der Waals surface area contributed by atoms with E-state index in [4.69, 9.17) is 0 Å². The van der Waals surface area contributed by atoms with Crippen molar-refractivity contribution in [2.75, 3.05) is 31.1 Å². The zero-order valence-electron chi connectivity index (χ0n) is 15.0. The maximum Gasteiger partial charge on any atom is 0.471 e. The monoisotopic (exact) mass is 425 g/mol.